The molecule has 1 aliphatic carbocycles. The van der Waals surface area contributed by atoms with Crippen LogP contribution in [0.4, 0.5) is 0 Å². The number of aliphatic carboxylic acids is 1. The summed E-state index contributed by atoms with van der Waals surface area (Å²) in [5, 5.41) is 19.6. The predicted octanol–water partition coefficient (Wildman–Crippen LogP) is 2.91. The largest absolute Gasteiger partial charge is 0.508 e. The summed E-state index contributed by atoms with van der Waals surface area (Å²) in [6.07, 6.45) is 3.08. The first kappa shape index (κ1) is 12.0. The highest BCUT2D eigenvalue weighted by atomic mass is 16.4. The van der Waals surface area contributed by atoms with Crippen molar-refractivity contribution >= 4 is 5.97 Å². The van der Waals surface area contributed by atoms with E-state index in [-0.39, 0.29) is 5.75 Å². The minimum absolute atomic E-state index is 0.123. The summed E-state index contributed by atoms with van der Waals surface area (Å²) < 4.78 is 0. The van der Waals surface area contributed by atoms with Gasteiger partial charge in [-0.15, -0.1) is 0 Å². The highest BCUT2D eigenvalue weighted by Gasteiger charge is 2.45. The Morgan fingerprint density at radius 3 is 2.35 bits per heavy atom. The second kappa shape index (κ2) is 4.06. The van der Waals surface area contributed by atoms with Crippen LogP contribution < -0.4 is 0 Å². The van der Waals surface area contributed by atoms with Gasteiger partial charge in [-0.3, -0.25) is 4.79 Å². The lowest BCUT2D eigenvalue weighted by Gasteiger charge is -2.27. The zero-order valence-corrected chi connectivity index (χ0v) is 10.3. The van der Waals surface area contributed by atoms with Crippen LogP contribution in [0, 0.1) is 13.8 Å². The summed E-state index contributed by atoms with van der Waals surface area (Å²) in [6.45, 7) is 3.84. The van der Waals surface area contributed by atoms with Crippen LogP contribution >= 0.6 is 0 Å². The van der Waals surface area contributed by atoms with E-state index in [1.54, 1.807) is 6.07 Å². The van der Waals surface area contributed by atoms with Crippen LogP contribution in [-0.2, 0) is 10.2 Å². The highest BCUT2D eigenvalue weighted by Crippen LogP contribution is 2.46. The summed E-state index contributed by atoms with van der Waals surface area (Å²) in [7, 11) is 0. The molecule has 1 aliphatic rings. The van der Waals surface area contributed by atoms with E-state index in [1.165, 1.54) is 0 Å². The van der Waals surface area contributed by atoms with Gasteiger partial charge in [0.15, 0.2) is 0 Å². The van der Waals surface area contributed by atoms with Crippen molar-refractivity contribution in [3.8, 4) is 5.75 Å². The predicted molar refractivity (Wildman–Crippen MR) is 65.4 cm³/mol. The molecule has 1 fully saturated rings. The van der Waals surface area contributed by atoms with E-state index in [0.717, 1.165) is 24.0 Å². The molecular weight excluding hydrogens is 216 g/mol. The minimum atomic E-state index is -0.875. The van der Waals surface area contributed by atoms with Gasteiger partial charge in [-0.2, -0.15) is 0 Å². The van der Waals surface area contributed by atoms with Crippen LogP contribution in [0.15, 0.2) is 12.1 Å². The topological polar surface area (TPSA) is 57.5 Å². The minimum Gasteiger partial charge on any atom is -0.508 e. The van der Waals surface area contributed by atoms with Crippen LogP contribution in [-0.4, -0.2) is 16.2 Å². The van der Waals surface area contributed by atoms with Crippen molar-refractivity contribution in [3.63, 3.8) is 0 Å². The summed E-state index contributed by atoms with van der Waals surface area (Å²) in [4.78, 5) is 11.6. The number of phenolic OH excluding ortho intramolecular Hbond substituents is 1. The smallest absolute Gasteiger partial charge is 0.314 e. The summed E-state index contributed by atoms with van der Waals surface area (Å²) in [5.74, 6) is -0.684. The average Bonchev–Trinajstić information content (AvgIpc) is 2.74. The Morgan fingerprint density at radius 1 is 1.24 bits per heavy atom. The number of hydrogen-bond donors (Lipinski definition) is 2. The second-order valence-corrected chi connectivity index (χ2v) is 5.00. The molecule has 1 saturated carbocycles. The molecule has 3 heteroatoms. The molecule has 0 spiro atoms. The van der Waals surface area contributed by atoms with E-state index in [2.05, 4.69) is 0 Å². The molecule has 3 nitrogen and oxygen atoms in total. The maximum absolute atomic E-state index is 11.6. The molecule has 2 N–H and O–H groups in total. The quantitative estimate of drug-likeness (QED) is 0.827. The van der Waals surface area contributed by atoms with Crippen LogP contribution in [0.3, 0.4) is 0 Å². The van der Waals surface area contributed by atoms with Crippen LogP contribution in [0.1, 0.15) is 42.4 Å². The third-order valence-electron chi connectivity index (χ3n) is 4.06. The lowest BCUT2D eigenvalue weighted by molar-refractivity contribution is -0.143. The van der Waals surface area contributed by atoms with Crippen molar-refractivity contribution in [3.05, 3.63) is 28.8 Å². The van der Waals surface area contributed by atoms with Crippen molar-refractivity contribution < 1.29 is 15.0 Å². The third-order valence-corrected chi connectivity index (χ3v) is 4.06. The van der Waals surface area contributed by atoms with E-state index in [0.29, 0.717) is 18.4 Å². The first-order valence-corrected chi connectivity index (χ1v) is 6.02. The first-order valence-electron chi connectivity index (χ1n) is 6.02. The Hall–Kier alpha value is -1.51. The van der Waals surface area contributed by atoms with Gasteiger partial charge in [0.1, 0.15) is 5.75 Å². The number of carbonyl (C=O) groups is 1. The fraction of sp³-hybridized carbons (Fsp3) is 0.500. The van der Waals surface area contributed by atoms with Crippen molar-refractivity contribution in [1.29, 1.82) is 0 Å². The van der Waals surface area contributed by atoms with Crippen molar-refractivity contribution in [2.24, 2.45) is 0 Å². The van der Waals surface area contributed by atoms with Gasteiger partial charge in [0.25, 0.3) is 0 Å². The molecule has 92 valence electrons. The second-order valence-electron chi connectivity index (χ2n) is 5.00. The Bertz CT molecular complexity index is 457. The van der Waals surface area contributed by atoms with Crippen LogP contribution in [0.2, 0.25) is 0 Å². The highest BCUT2D eigenvalue weighted by molar-refractivity contribution is 5.83. The summed E-state index contributed by atoms with van der Waals surface area (Å²) >= 11 is 0. The zero-order valence-electron chi connectivity index (χ0n) is 10.3. The van der Waals surface area contributed by atoms with Gasteiger partial charge in [0.2, 0.25) is 0 Å². The van der Waals surface area contributed by atoms with Crippen LogP contribution in [0.25, 0.3) is 0 Å². The molecule has 0 amide bonds. The molecule has 0 aromatic heterocycles. The molecule has 0 saturated heterocycles. The van der Waals surface area contributed by atoms with E-state index in [4.69, 9.17) is 0 Å². The van der Waals surface area contributed by atoms with E-state index >= 15 is 0 Å². The van der Waals surface area contributed by atoms with Crippen molar-refractivity contribution in [2.75, 3.05) is 0 Å². The number of aromatic hydroxyl groups is 1. The SMILES string of the molecule is Cc1ccc(O)c(C2(C(=O)O)CCCC2)c1C. The summed E-state index contributed by atoms with van der Waals surface area (Å²) in [6, 6.07) is 3.44. The van der Waals surface area contributed by atoms with Gasteiger partial charge < -0.3 is 10.2 Å². The number of phenols is 1. The number of carboxylic acid groups (broad SMARTS) is 1. The normalized spacial score (nSPS) is 18.2. The lowest BCUT2D eigenvalue weighted by Crippen LogP contribution is -2.33. The van der Waals surface area contributed by atoms with Gasteiger partial charge >= 0.3 is 5.97 Å². The number of aryl methyl sites for hydroxylation is 1. The third kappa shape index (κ3) is 1.70. The molecular formula is C14H18O3. The molecule has 1 aromatic carbocycles. The number of benzene rings is 1. The van der Waals surface area contributed by atoms with E-state index in [1.807, 2.05) is 19.9 Å². The van der Waals surface area contributed by atoms with E-state index in [9.17, 15) is 15.0 Å². The molecule has 0 atom stereocenters. The fourth-order valence-corrected chi connectivity index (χ4v) is 2.95. The van der Waals surface area contributed by atoms with Gasteiger partial charge in [-0.05, 0) is 43.9 Å². The monoisotopic (exact) mass is 234 g/mol. The average molecular weight is 234 g/mol. The molecule has 17 heavy (non-hydrogen) atoms. The molecule has 0 bridgehead atoms. The van der Waals surface area contributed by atoms with E-state index < -0.39 is 11.4 Å². The van der Waals surface area contributed by atoms with Crippen molar-refractivity contribution in [1.82, 2.24) is 0 Å². The molecule has 0 unspecified atom stereocenters. The fourth-order valence-electron chi connectivity index (χ4n) is 2.95. The first-order chi connectivity index (χ1) is 7.99. The molecule has 0 radical (unpaired) electrons. The maximum Gasteiger partial charge on any atom is 0.314 e. The van der Waals surface area contributed by atoms with Gasteiger partial charge in [-0.25, -0.2) is 0 Å². The molecule has 0 heterocycles. The zero-order chi connectivity index (χ0) is 12.6. The molecule has 0 aliphatic heterocycles. The Kier molecular flexibility index (Phi) is 2.86. The molecule has 1 aromatic rings. The Morgan fingerprint density at radius 2 is 1.82 bits per heavy atom. The number of rotatable bonds is 2. The number of carboxylic acids is 1. The van der Waals surface area contributed by atoms with Gasteiger partial charge in [-0.1, -0.05) is 18.9 Å². The van der Waals surface area contributed by atoms with Crippen LogP contribution in [0.5, 0.6) is 5.75 Å². The maximum atomic E-state index is 11.6. The van der Waals surface area contributed by atoms with Gasteiger partial charge in [0.05, 0.1) is 5.41 Å². The number of hydrogen-bond acceptors (Lipinski definition) is 2. The molecule has 2 rings (SSSR count). The Balaban J connectivity index is 2.66. The lowest BCUT2D eigenvalue weighted by atomic mass is 9.75. The Labute approximate surface area is 101 Å². The van der Waals surface area contributed by atoms with Gasteiger partial charge in [0, 0.05) is 5.56 Å². The van der Waals surface area contributed by atoms with Crippen molar-refractivity contribution in [2.45, 2.75) is 44.9 Å². The summed E-state index contributed by atoms with van der Waals surface area (Å²) in [5.41, 5.74) is 1.70. The standard InChI is InChI=1S/C14H18O3/c1-9-5-6-11(15)12(10(9)2)14(13(16)17)7-3-4-8-14/h5-6,15H,3-4,7-8H2,1-2H3,(H,16,17).